The number of carbonyl (C=O) groups excluding carboxylic acids is 1. The van der Waals surface area contributed by atoms with E-state index in [2.05, 4.69) is 4.98 Å². The summed E-state index contributed by atoms with van der Waals surface area (Å²) in [7, 11) is 0. The normalized spacial score (nSPS) is 11.6. The van der Waals surface area contributed by atoms with Gasteiger partial charge in [-0.2, -0.15) is 26.9 Å². The van der Waals surface area contributed by atoms with Crippen LogP contribution in [0.2, 0.25) is 0 Å². The van der Waals surface area contributed by atoms with Crippen molar-refractivity contribution in [1.29, 1.82) is 0 Å². The van der Waals surface area contributed by atoms with Gasteiger partial charge in [-0.05, 0) is 0 Å². The predicted molar refractivity (Wildman–Crippen MR) is 63.3 cm³/mol. The van der Waals surface area contributed by atoms with E-state index >= 15 is 0 Å². The van der Waals surface area contributed by atoms with Gasteiger partial charge in [-0.3, -0.25) is 4.79 Å². The molecular formula is C13H2F10N2O. The molecule has 0 fully saturated rings. The first-order chi connectivity index (χ1) is 11.9. The van der Waals surface area contributed by atoms with Crippen LogP contribution < -0.4 is 5.32 Å². The van der Waals surface area contributed by atoms with E-state index in [4.69, 9.17) is 0 Å². The molecular weight excluding hydrogens is 390 g/mol. The highest BCUT2D eigenvalue weighted by Crippen LogP contribution is 2.38. The van der Waals surface area contributed by atoms with Crippen LogP contribution in [0.5, 0.6) is 0 Å². The number of rotatable bonds is 2. The van der Waals surface area contributed by atoms with Crippen molar-refractivity contribution in [3.8, 4) is 0 Å². The molecule has 140 valence electrons. The van der Waals surface area contributed by atoms with Gasteiger partial charge in [-0.1, -0.05) is 0 Å². The SMILES string of the molecule is O=C(Nc1c(F)c(F)c(C(F)(F)F)c(F)c1F)c1cc(F)nc(F)c1F. The zero-order valence-electron chi connectivity index (χ0n) is 11.7. The number of halogens is 10. The summed E-state index contributed by atoms with van der Waals surface area (Å²) in [5.74, 6) is -19.1. The zero-order chi connectivity index (χ0) is 20.0. The van der Waals surface area contributed by atoms with Gasteiger partial charge in [0.05, 0.1) is 5.56 Å². The topological polar surface area (TPSA) is 42.0 Å². The van der Waals surface area contributed by atoms with Gasteiger partial charge in [0.15, 0.2) is 29.1 Å². The summed E-state index contributed by atoms with van der Waals surface area (Å²) in [5.41, 5.74) is -6.48. The van der Waals surface area contributed by atoms with E-state index < -0.39 is 69.9 Å². The van der Waals surface area contributed by atoms with Crippen LogP contribution >= 0.6 is 0 Å². The van der Waals surface area contributed by atoms with Gasteiger partial charge < -0.3 is 5.32 Å². The maximum Gasteiger partial charge on any atom is 0.422 e. The van der Waals surface area contributed by atoms with Gasteiger partial charge >= 0.3 is 6.18 Å². The number of amides is 1. The summed E-state index contributed by atoms with van der Waals surface area (Å²) in [6, 6.07) is -0.0274. The van der Waals surface area contributed by atoms with Crippen LogP contribution in [0.4, 0.5) is 49.6 Å². The Hall–Kier alpha value is -2.86. The molecule has 13 heteroatoms. The van der Waals surface area contributed by atoms with Crippen LogP contribution in [0.15, 0.2) is 6.07 Å². The van der Waals surface area contributed by atoms with Crippen molar-refractivity contribution < 1.29 is 48.7 Å². The molecule has 0 saturated heterocycles. The van der Waals surface area contributed by atoms with Crippen LogP contribution in [0.1, 0.15) is 15.9 Å². The Kier molecular flexibility index (Phi) is 4.84. The lowest BCUT2D eigenvalue weighted by atomic mass is 10.1. The van der Waals surface area contributed by atoms with Crippen molar-refractivity contribution in [3.63, 3.8) is 0 Å². The maximum absolute atomic E-state index is 13.6. The van der Waals surface area contributed by atoms with Crippen LogP contribution in [0.3, 0.4) is 0 Å². The summed E-state index contributed by atoms with van der Waals surface area (Å²) in [5, 5.41) is 1.01. The van der Waals surface area contributed by atoms with Crippen molar-refractivity contribution in [3.05, 3.63) is 58.2 Å². The molecule has 1 N–H and O–H groups in total. The number of carbonyl (C=O) groups is 1. The quantitative estimate of drug-likeness (QED) is 0.470. The molecule has 1 aromatic heterocycles. The van der Waals surface area contributed by atoms with E-state index in [1.807, 2.05) is 0 Å². The van der Waals surface area contributed by atoms with E-state index in [0.29, 0.717) is 0 Å². The van der Waals surface area contributed by atoms with Crippen LogP contribution in [0, 0.1) is 41.0 Å². The van der Waals surface area contributed by atoms with Crippen molar-refractivity contribution in [2.75, 3.05) is 5.32 Å². The first kappa shape index (κ1) is 19.5. The molecule has 2 aromatic rings. The minimum atomic E-state index is -5.82. The highest BCUT2D eigenvalue weighted by atomic mass is 19.4. The lowest BCUT2D eigenvalue weighted by molar-refractivity contribution is -0.143. The number of benzene rings is 1. The van der Waals surface area contributed by atoms with E-state index in [9.17, 15) is 48.7 Å². The van der Waals surface area contributed by atoms with E-state index in [-0.39, 0.29) is 6.07 Å². The first-order valence-electron chi connectivity index (χ1n) is 6.12. The fourth-order valence-corrected chi connectivity index (χ4v) is 1.81. The predicted octanol–water partition coefficient (Wildman–Crippen LogP) is 4.33. The summed E-state index contributed by atoms with van der Waals surface area (Å²) in [4.78, 5) is 14.0. The second-order valence-electron chi connectivity index (χ2n) is 4.56. The van der Waals surface area contributed by atoms with Gasteiger partial charge in [0.25, 0.3) is 11.9 Å². The van der Waals surface area contributed by atoms with Gasteiger partial charge in [-0.15, -0.1) is 0 Å². The molecule has 0 saturated carbocycles. The van der Waals surface area contributed by atoms with Crippen molar-refractivity contribution in [1.82, 2.24) is 4.98 Å². The average molecular weight is 392 g/mol. The number of hydrogen-bond acceptors (Lipinski definition) is 2. The molecule has 26 heavy (non-hydrogen) atoms. The highest BCUT2D eigenvalue weighted by molar-refractivity contribution is 6.04. The molecule has 0 unspecified atom stereocenters. The number of anilines is 1. The third-order valence-corrected chi connectivity index (χ3v) is 2.92. The number of hydrogen-bond donors (Lipinski definition) is 1. The number of nitrogens with zero attached hydrogens (tertiary/aromatic N) is 1. The molecule has 0 spiro atoms. The van der Waals surface area contributed by atoms with Crippen LogP contribution in [0.25, 0.3) is 0 Å². The molecule has 0 radical (unpaired) electrons. The summed E-state index contributed by atoms with van der Waals surface area (Å²) in [6.07, 6.45) is -5.82. The minimum Gasteiger partial charge on any atom is -0.317 e. The Balaban J connectivity index is 2.57. The van der Waals surface area contributed by atoms with Crippen molar-refractivity contribution in [2.24, 2.45) is 0 Å². The van der Waals surface area contributed by atoms with E-state index in [0.717, 1.165) is 5.32 Å². The van der Waals surface area contributed by atoms with Crippen LogP contribution in [-0.4, -0.2) is 10.9 Å². The highest BCUT2D eigenvalue weighted by Gasteiger charge is 2.42. The molecule has 2 rings (SSSR count). The Morgan fingerprint density at radius 1 is 0.846 bits per heavy atom. The van der Waals surface area contributed by atoms with Crippen LogP contribution in [-0.2, 0) is 6.18 Å². The minimum absolute atomic E-state index is 0.0274. The maximum atomic E-state index is 13.6. The number of alkyl halides is 3. The van der Waals surface area contributed by atoms with Crippen molar-refractivity contribution >= 4 is 11.6 Å². The summed E-state index contributed by atoms with van der Waals surface area (Å²) in [6.45, 7) is 0. The standard InChI is InChI=1S/C13H2F10N2O/c14-3-1-2(5(15)11(20)24-3)12(26)25-10-8(18)6(16)4(13(21,22)23)7(17)9(10)19/h1H,(H,25,26). The van der Waals surface area contributed by atoms with Gasteiger partial charge in [0.1, 0.15) is 11.3 Å². The third kappa shape index (κ3) is 3.28. The molecule has 0 bridgehead atoms. The molecule has 1 heterocycles. The van der Waals surface area contributed by atoms with Gasteiger partial charge in [0, 0.05) is 6.07 Å². The summed E-state index contributed by atoms with van der Waals surface area (Å²) < 4.78 is 130. The molecule has 3 nitrogen and oxygen atoms in total. The second-order valence-corrected chi connectivity index (χ2v) is 4.56. The largest absolute Gasteiger partial charge is 0.422 e. The van der Waals surface area contributed by atoms with Gasteiger partial charge in [-0.25, -0.2) is 22.0 Å². The summed E-state index contributed by atoms with van der Waals surface area (Å²) >= 11 is 0. The van der Waals surface area contributed by atoms with E-state index in [1.165, 1.54) is 0 Å². The Morgan fingerprint density at radius 2 is 1.35 bits per heavy atom. The molecule has 0 aliphatic rings. The fraction of sp³-hybridized carbons (Fsp3) is 0.0769. The van der Waals surface area contributed by atoms with E-state index in [1.54, 1.807) is 0 Å². The zero-order valence-corrected chi connectivity index (χ0v) is 11.7. The average Bonchev–Trinajstić information content (AvgIpc) is 2.51. The van der Waals surface area contributed by atoms with Crippen molar-refractivity contribution in [2.45, 2.75) is 6.18 Å². The monoisotopic (exact) mass is 392 g/mol. The Morgan fingerprint density at radius 3 is 1.81 bits per heavy atom. The number of pyridine rings is 1. The lowest BCUT2D eigenvalue weighted by Gasteiger charge is -2.14. The number of nitrogens with one attached hydrogen (secondary N) is 1. The molecule has 0 aliphatic carbocycles. The molecule has 0 aliphatic heterocycles. The fourth-order valence-electron chi connectivity index (χ4n) is 1.81. The molecule has 0 atom stereocenters. The molecule has 1 amide bonds. The Bertz CT molecular complexity index is 880. The molecule has 1 aromatic carbocycles. The first-order valence-corrected chi connectivity index (χ1v) is 6.12. The Labute approximate surface area is 136 Å². The lowest BCUT2D eigenvalue weighted by Crippen LogP contribution is -2.21. The smallest absolute Gasteiger partial charge is 0.317 e. The number of aromatic nitrogens is 1. The third-order valence-electron chi connectivity index (χ3n) is 2.92. The second kappa shape index (κ2) is 6.46. The van der Waals surface area contributed by atoms with Gasteiger partial charge in [0.2, 0.25) is 5.95 Å².